The van der Waals surface area contributed by atoms with Gasteiger partial charge in [-0.1, -0.05) is 6.07 Å². The maximum Gasteiger partial charge on any atom is 0.170 e. The Balaban J connectivity index is 1.78. The normalized spacial score (nSPS) is 18.3. The second kappa shape index (κ2) is 9.30. The SMILES string of the molecule is COc1ccc(-n2c(C)cc(C3C(c4ccccn4)NC(=S)N3CCN(C)C)c2C)cc1. The fraction of sp³-hybridized carbons (Fsp3) is 0.360. The Bertz CT molecular complexity index is 1080. The van der Waals surface area contributed by atoms with Crippen molar-refractivity contribution >= 4 is 17.3 Å². The molecule has 3 heterocycles. The molecule has 1 aliphatic rings. The van der Waals surface area contributed by atoms with Crippen LogP contribution in [0.3, 0.4) is 0 Å². The third-order valence-electron chi connectivity index (χ3n) is 6.11. The van der Waals surface area contributed by atoms with Crippen LogP contribution in [-0.2, 0) is 0 Å². The van der Waals surface area contributed by atoms with Gasteiger partial charge in [0, 0.05) is 36.4 Å². The number of hydrogen-bond acceptors (Lipinski definition) is 4. The molecule has 6 nitrogen and oxygen atoms in total. The van der Waals surface area contributed by atoms with E-state index in [9.17, 15) is 0 Å². The van der Waals surface area contributed by atoms with Gasteiger partial charge in [-0.25, -0.2) is 0 Å². The largest absolute Gasteiger partial charge is 0.497 e. The fourth-order valence-electron chi connectivity index (χ4n) is 4.51. The molecule has 1 fully saturated rings. The Morgan fingerprint density at radius 1 is 1.12 bits per heavy atom. The van der Waals surface area contributed by atoms with Crippen LogP contribution in [0.25, 0.3) is 5.69 Å². The van der Waals surface area contributed by atoms with Gasteiger partial charge < -0.3 is 24.4 Å². The summed E-state index contributed by atoms with van der Waals surface area (Å²) in [5.74, 6) is 0.854. The standard InChI is InChI=1S/C25H31N5OS/c1-17-16-21(18(2)30(17)19-9-11-20(31-5)12-10-19)24-23(22-8-6-7-13-26-22)27-25(32)29(24)15-14-28(3)4/h6-13,16,23-24H,14-15H2,1-5H3,(H,27,32). The van der Waals surface area contributed by atoms with Gasteiger partial charge in [0.25, 0.3) is 0 Å². The first kappa shape index (κ1) is 22.3. The first-order valence-corrected chi connectivity index (χ1v) is 11.3. The summed E-state index contributed by atoms with van der Waals surface area (Å²) in [5.41, 5.74) is 5.78. The summed E-state index contributed by atoms with van der Waals surface area (Å²) < 4.78 is 7.64. The highest BCUT2D eigenvalue weighted by Gasteiger charge is 2.41. The molecule has 1 saturated heterocycles. The highest BCUT2D eigenvalue weighted by atomic mass is 32.1. The summed E-state index contributed by atoms with van der Waals surface area (Å²) in [6, 6.07) is 16.6. The predicted octanol–water partition coefficient (Wildman–Crippen LogP) is 4.03. The number of thiocarbonyl (C=S) groups is 1. The first-order valence-electron chi connectivity index (χ1n) is 10.9. The predicted molar refractivity (Wildman–Crippen MR) is 133 cm³/mol. The minimum Gasteiger partial charge on any atom is -0.497 e. The molecule has 0 saturated carbocycles. The lowest BCUT2D eigenvalue weighted by molar-refractivity contribution is 0.277. The average Bonchev–Trinajstić information content (AvgIpc) is 3.27. The molecule has 0 aliphatic carbocycles. The molecule has 7 heteroatoms. The smallest absolute Gasteiger partial charge is 0.170 e. The van der Waals surface area contributed by atoms with Gasteiger partial charge in [0.05, 0.1) is 24.9 Å². The van der Waals surface area contributed by atoms with Crippen LogP contribution in [0.15, 0.2) is 54.7 Å². The molecule has 2 unspecified atom stereocenters. The monoisotopic (exact) mass is 449 g/mol. The van der Waals surface area contributed by atoms with Crippen LogP contribution < -0.4 is 10.1 Å². The Labute approximate surface area is 195 Å². The molecule has 3 aromatic rings. The van der Waals surface area contributed by atoms with Crippen molar-refractivity contribution in [1.29, 1.82) is 0 Å². The zero-order chi connectivity index (χ0) is 22.8. The molecule has 168 valence electrons. The van der Waals surface area contributed by atoms with Crippen molar-refractivity contribution in [2.45, 2.75) is 25.9 Å². The minimum atomic E-state index is -0.00400. The zero-order valence-corrected chi connectivity index (χ0v) is 20.2. The lowest BCUT2D eigenvalue weighted by Gasteiger charge is -2.29. The molecule has 32 heavy (non-hydrogen) atoms. The molecule has 2 atom stereocenters. The van der Waals surface area contributed by atoms with Crippen molar-refractivity contribution in [3.8, 4) is 11.4 Å². The minimum absolute atomic E-state index is 0.00400. The first-order chi connectivity index (χ1) is 15.4. The van der Waals surface area contributed by atoms with Crippen LogP contribution in [-0.4, -0.2) is 58.8 Å². The Hall–Kier alpha value is -2.90. The van der Waals surface area contributed by atoms with E-state index in [4.69, 9.17) is 17.0 Å². The Kier molecular flexibility index (Phi) is 6.48. The summed E-state index contributed by atoms with van der Waals surface area (Å²) in [4.78, 5) is 9.16. The summed E-state index contributed by atoms with van der Waals surface area (Å²) >= 11 is 5.80. The summed E-state index contributed by atoms with van der Waals surface area (Å²) in [5, 5.41) is 4.33. The van der Waals surface area contributed by atoms with E-state index in [2.05, 4.69) is 76.9 Å². The molecule has 2 aromatic heterocycles. The number of methoxy groups -OCH3 is 1. The summed E-state index contributed by atoms with van der Waals surface area (Å²) in [6.07, 6.45) is 1.85. The number of hydrogen-bond donors (Lipinski definition) is 1. The third kappa shape index (κ3) is 4.23. The van der Waals surface area contributed by atoms with Gasteiger partial charge in [-0.05, 0) is 88.2 Å². The maximum atomic E-state index is 5.80. The lowest BCUT2D eigenvalue weighted by Crippen LogP contribution is -2.35. The molecule has 0 radical (unpaired) electrons. The van der Waals surface area contributed by atoms with Gasteiger partial charge >= 0.3 is 0 Å². The van der Waals surface area contributed by atoms with Crippen molar-refractivity contribution in [2.24, 2.45) is 0 Å². The Morgan fingerprint density at radius 3 is 2.50 bits per heavy atom. The summed E-state index contributed by atoms with van der Waals surface area (Å²) in [6.45, 7) is 6.11. The van der Waals surface area contributed by atoms with Crippen molar-refractivity contribution < 1.29 is 4.74 Å². The number of pyridine rings is 1. The molecular weight excluding hydrogens is 418 g/mol. The molecule has 1 aliphatic heterocycles. The molecule has 0 spiro atoms. The van der Waals surface area contributed by atoms with Crippen molar-refractivity contribution in [3.05, 3.63) is 77.4 Å². The average molecular weight is 450 g/mol. The quantitative estimate of drug-likeness (QED) is 0.550. The van der Waals surface area contributed by atoms with Gasteiger partial charge in [-0.15, -0.1) is 0 Å². The van der Waals surface area contributed by atoms with E-state index < -0.39 is 0 Å². The topological polar surface area (TPSA) is 45.6 Å². The number of ether oxygens (including phenoxy) is 1. The van der Waals surface area contributed by atoms with Gasteiger partial charge in [-0.3, -0.25) is 4.98 Å². The summed E-state index contributed by atoms with van der Waals surface area (Å²) in [7, 11) is 5.87. The fourth-order valence-corrected chi connectivity index (χ4v) is 4.84. The number of aryl methyl sites for hydroxylation is 1. The Morgan fingerprint density at radius 2 is 1.88 bits per heavy atom. The van der Waals surface area contributed by atoms with Crippen LogP contribution in [0.4, 0.5) is 0 Å². The second-order valence-corrected chi connectivity index (χ2v) is 8.87. The molecule has 0 bridgehead atoms. The van der Waals surface area contributed by atoms with Crippen LogP contribution in [0.5, 0.6) is 5.75 Å². The van der Waals surface area contributed by atoms with Gasteiger partial charge in [0.2, 0.25) is 0 Å². The van der Waals surface area contributed by atoms with Gasteiger partial charge in [0.1, 0.15) is 5.75 Å². The van der Waals surface area contributed by atoms with E-state index in [1.807, 2.05) is 30.5 Å². The lowest BCUT2D eigenvalue weighted by atomic mass is 9.97. The molecule has 4 rings (SSSR count). The number of rotatable bonds is 7. The van der Waals surface area contributed by atoms with E-state index in [1.165, 1.54) is 17.0 Å². The number of benzene rings is 1. The third-order valence-corrected chi connectivity index (χ3v) is 6.46. The molecule has 0 amide bonds. The van der Waals surface area contributed by atoms with Crippen molar-refractivity contribution in [2.75, 3.05) is 34.3 Å². The number of nitrogens with one attached hydrogen (secondary N) is 1. The van der Waals surface area contributed by atoms with Crippen LogP contribution >= 0.6 is 12.2 Å². The highest BCUT2D eigenvalue weighted by Crippen LogP contribution is 2.41. The van der Waals surface area contributed by atoms with E-state index >= 15 is 0 Å². The van der Waals surface area contributed by atoms with E-state index in [0.29, 0.717) is 0 Å². The maximum absolute atomic E-state index is 5.80. The van der Waals surface area contributed by atoms with E-state index in [-0.39, 0.29) is 12.1 Å². The second-order valence-electron chi connectivity index (χ2n) is 8.48. The number of nitrogens with zero attached hydrogens (tertiary/aromatic N) is 4. The number of likely N-dealkylation sites (N-methyl/N-ethyl adjacent to an activating group) is 1. The van der Waals surface area contributed by atoms with E-state index in [0.717, 1.165) is 35.3 Å². The van der Waals surface area contributed by atoms with Crippen LogP contribution in [0.1, 0.15) is 34.7 Å². The van der Waals surface area contributed by atoms with Crippen molar-refractivity contribution in [1.82, 2.24) is 24.7 Å². The molecular formula is C25H31N5OS. The van der Waals surface area contributed by atoms with Crippen LogP contribution in [0, 0.1) is 13.8 Å². The molecule has 1 N–H and O–H groups in total. The molecule has 1 aromatic carbocycles. The zero-order valence-electron chi connectivity index (χ0n) is 19.4. The van der Waals surface area contributed by atoms with Crippen molar-refractivity contribution in [3.63, 3.8) is 0 Å². The highest BCUT2D eigenvalue weighted by molar-refractivity contribution is 7.80. The number of aromatic nitrogens is 2. The van der Waals surface area contributed by atoms with E-state index in [1.54, 1.807) is 7.11 Å². The van der Waals surface area contributed by atoms with Gasteiger partial charge in [-0.2, -0.15) is 0 Å². The van der Waals surface area contributed by atoms with Gasteiger partial charge in [0.15, 0.2) is 5.11 Å². The van der Waals surface area contributed by atoms with Crippen LogP contribution in [0.2, 0.25) is 0 Å².